The van der Waals surface area contributed by atoms with E-state index >= 15 is 0 Å². The Morgan fingerprint density at radius 1 is 1.50 bits per heavy atom. The first kappa shape index (κ1) is 8.76. The summed E-state index contributed by atoms with van der Waals surface area (Å²) in [6, 6.07) is 1.91. The lowest BCUT2D eigenvalue weighted by Gasteiger charge is -1.92. The number of aryl methyl sites for hydroxylation is 1. The van der Waals surface area contributed by atoms with Crippen molar-refractivity contribution in [3.8, 4) is 11.8 Å². The van der Waals surface area contributed by atoms with Gasteiger partial charge in [0.15, 0.2) is 0 Å². The molecule has 1 atom stereocenters. The predicted molar refractivity (Wildman–Crippen MR) is 49.5 cm³/mol. The lowest BCUT2D eigenvalue weighted by molar-refractivity contribution is 0.959. The van der Waals surface area contributed by atoms with Crippen molar-refractivity contribution < 1.29 is 0 Å². The Morgan fingerprint density at radius 3 is 2.83 bits per heavy atom. The zero-order valence-corrected chi connectivity index (χ0v) is 7.33. The lowest BCUT2D eigenvalue weighted by atomic mass is 10.2. The fraction of sp³-hybridized carbons (Fsp3) is 0.300. The van der Waals surface area contributed by atoms with Gasteiger partial charge in [0.2, 0.25) is 0 Å². The molecule has 0 amide bonds. The quantitative estimate of drug-likeness (QED) is 0.577. The predicted octanol–water partition coefficient (Wildman–Crippen LogP) is 1.09. The molecular formula is C10H12N2. The van der Waals surface area contributed by atoms with E-state index in [1.807, 2.05) is 19.9 Å². The summed E-state index contributed by atoms with van der Waals surface area (Å²) in [5.41, 5.74) is 7.52. The second kappa shape index (κ2) is 3.89. The third-order valence-corrected chi connectivity index (χ3v) is 1.32. The largest absolute Gasteiger partial charge is 0.318 e. The van der Waals surface area contributed by atoms with E-state index in [1.165, 1.54) is 0 Å². The molecule has 1 aromatic rings. The molecule has 0 aliphatic rings. The molecule has 0 fully saturated rings. The van der Waals surface area contributed by atoms with Gasteiger partial charge in [0.05, 0.1) is 6.04 Å². The van der Waals surface area contributed by atoms with E-state index in [9.17, 15) is 0 Å². The van der Waals surface area contributed by atoms with Crippen LogP contribution in [-0.2, 0) is 0 Å². The molecule has 0 radical (unpaired) electrons. The van der Waals surface area contributed by atoms with E-state index < -0.39 is 0 Å². The van der Waals surface area contributed by atoms with Gasteiger partial charge in [-0.1, -0.05) is 11.8 Å². The number of pyridine rings is 1. The highest BCUT2D eigenvalue weighted by molar-refractivity contribution is 5.34. The molecule has 2 nitrogen and oxygen atoms in total. The van der Waals surface area contributed by atoms with E-state index in [2.05, 4.69) is 16.8 Å². The summed E-state index contributed by atoms with van der Waals surface area (Å²) in [5.74, 6) is 5.82. The van der Waals surface area contributed by atoms with Crippen molar-refractivity contribution in [2.24, 2.45) is 5.73 Å². The number of hydrogen-bond donors (Lipinski definition) is 1. The molecule has 2 N–H and O–H groups in total. The summed E-state index contributed by atoms with van der Waals surface area (Å²) in [4.78, 5) is 4.02. The van der Waals surface area contributed by atoms with Crippen LogP contribution < -0.4 is 5.73 Å². The second-order valence-corrected chi connectivity index (χ2v) is 2.81. The average Bonchev–Trinajstić information content (AvgIpc) is 2.01. The fourth-order valence-corrected chi connectivity index (χ4v) is 0.820. The summed E-state index contributed by atoms with van der Waals surface area (Å²) in [6.45, 7) is 3.85. The van der Waals surface area contributed by atoms with Crippen LogP contribution in [0.5, 0.6) is 0 Å². The molecule has 0 saturated carbocycles. The summed E-state index contributed by atoms with van der Waals surface area (Å²) in [6.07, 6.45) is 3.54. The number of nitrogens with zero attached hydrogens (tertiary/aromatic N) is 1. The first-order chi connectivity index (χ1) is 5.68. The SMILES string of the molecule is Cc1cncc(C#CC(C)N)c1. The number of rotatable bonds is 0. The Hall–Kier alpha value is -1.33. The molecule has 0 aliphatic carbocycles. The van der Waals surface area contributed by atoms with Gasteiger partial charge in [0.1, 0.15) is 0 Å². The summed E-state index contributed by atoms with van der Waals surface area (Å²) in [7, 11) is 0. The van der Waals surface area contributed by atoms with Gasteiger partial charge in [-0.3, -0.25) is 4.98 Å². The second-order valence-electron chi connectivity index (χ2n) is 2.81. The zero-order chi connectivity index (χ0) is 8.97. The molecule has 2 heteroatoms. The molecule has 0 aromatic carbocycles. The van der Waals surface area contributed by atoms with Crippen LogP contribution in [0.15, 0.2) is 18.5 Å². The molecular weight excluding hydrogens is 148 g/mol. The average molecular weight is 160 g/mol. The third-order valence-electron chi connectivity index (χ3n) is 1.32. The maximum Gasteiger partial charge on any atom is 0.0639 e. The Kier molecular flexibility index (Phi) is 2.84. The summed E-state index contributed by atoms with van der Waals surface area (Å²) >= 11 is 0. The van der Waals surface area contributed by atoms with Crippen molar-refractivity contribution in [3.63, 3.8) is 0 Å². The van der Waals surface area contributed by atoms with Crippen LogP contribution in [0, 0.1) is 18.8 Å². The Morgan fingerprint density at radius 2 is 2.25 bits per heavy atom. The van der Waals surface area contributed by atoms with Gasteiger partial charge in [-0.05, 0) is 25.5 Å². The van der Waals surface area contributed by atoms with E-state index in [-0.39, 0.29) is 6.04 Å². The summed E-state index contributed by atoms with van der Waals surface area (Å²) < 4.78 is 0. The highest BCUT2D eigenvalue weighted by atomic mass is 14.6. The number of nitrogens with two attached hydrogens (primary N) is 1. The van der Waals surface area contributed by atoms with Crippen molar-refractivity contribution in [2.45, 2.75) is 19.9 Å². The highest BCUT2D eigenvalue weighted by Crippen LogP contribution is 1.98. The van der Waals surface area contributed by atoms with Crippen molar-refractivity contribution >= 4 is 0 Å². The van der Waals surface area contributed by atoms with E-state index in [4.69, 9.17) is 5.73 Å². The van der Waals surface area contributed by atoms with Crippen molar-refractivity contribution in [2.75, 3.05) is 0 Å². The molecule has 12 heavy (non-hydrogen) atoms. The van der Waals surface area contributed by atoms with Crippen LogP contribution in [-0.4, -0.2) is 11.0 Å². The minimum Gasteiger partial charge on any atom is -0.318 e. The smallest absolute Gasteiger partial charge is 0.0639 e. The molecule has 1 heterocycles. The molecule has 0 bridgehead atoms. The monoisotopic (exact) mass is 160 g/mol. The van der Waals surface area contributed by atoms with Crippen LogP contribution in [0.1, 0.15) is 18.1 Å². The minimum absolute atomic E-state index is 0.0782. The van der Waals surface area contributed by atoms with E-state index in [0.717, 1.165) is 11.1 Å². The number of hydrogen-bond acceptors (Lipinski definition) is 2. The van der Waals surface area contributed by atoms with Crippen LogP contribution in [0.4, 0.5) is 0 Å². The maximum atomic E-state index is 5.48. The van der Waals surface area contributed by atoms with Crippen LogP contribution in [0.3, 0.4) is 0 Å². The van der Waals surface area contributed by atoms with Gasteiger partial charge >= 0.3 is 0 Å². The Labute approximate surface area is 72.8 Å². The van der Waals surface area contributed by atoms with Crippen LogP contribution in [0.2, 0.25) is 0 Å². The minimum atomic E-state index is -0.0782. The van der Waals surface area contributed by atoms with Crippen molar-refractivity contribution in [1.82, 2.24) is 4.98 Å². The Bertz CT molecular complexity index is 318. The standard InChI is InChI=1S/C10H12N2/c1-8-5-10(7-12-6-8)4-3-9(2)11/h5-7,9H,11H2,1-2H3. The Balaban J connectivity index is 2.85. The molecule has 0 aliphatic heterocycles. The lowest BCUT2D eigenvalue weighted by Crippen LogP contribution is -2.10. The van der Waals surface area contributed by atoms with E-state index in [0.29, 0.717) is 0 Å². The van der Waals surface area contributed by atoms with Gasteiger partial charge in [0.25, 0.3) is 0 Å². The first-order valence-corrected chi connectivity index (χ1v) is 3.87. The van der Waals surface area contributed by atoms with Crippen LogP contribution >= 0.6 is 0 Å². The van der Waals surface area contributed by atoms with E-state index in [1.54, 1.807) is 12.4 Å². The molecule has 62 valence electrons. The van der Waals surface area contributed by atoms with Gasteiger partial charge in [-0.15, -0.1) is 0 Å². The first-order valence-electron chi connectivity index (χ1n) is 3.87. The van der Waals surface area contributed by atoms with Gasteiger partial charge in [-0.25, -0.2) is 0 Å². The van der Waals surface area contributed by atoms with Gasteiger partial charge in [0, 0.05) is 18.0 Å². The molecule has 1 unspecified atom stereocenters. The van der Waals surface area contributed by atoms with Crippen LogP contribution in [0.25, 0.3) is 0 Å². The van der Waals surface area contributed by atoms with Gasteiger partial charge < -0.3 is 5.73 Å². The normalized spacial score (nSPS) is 11.6. The topological polar surface area (TPSA) is 38.9 Å². The molecule has 1 rings (SSSR count). The molecule has 0 saturated heterocycles. The molecule has 1 aromatic heterocycles. The summed E-state index contributed by atoms with van der Waals surface area (Å²) in [5, 5.41) is 0. The van der Waals surface area contributed by atoms with Crippen molar-refractivity contribution in [1.29, 1.82) is 0 Å². The van der Waals surface area contributed by atoms with Crippen molar-refractivity contribution in [3.05, 3.63) is 29.6 Å². The highest BCUT2D eigenvalue weighted by Gasteiger charge is 1.88. The zero-order valence-electron chi connectivity index (χ0n) is 7.33. The third kappa shape index (κ3) is 2.73. The maximum absolute atomic E-state index is 5.48. The number of aromatic nitrogens is 1. The molecule has 0 spiro atoms. The fourth-order valence-electron chi connectivity index (χ4n) is 0.820. The van der Waals surface area contributed by atoms with Gasteiger partial charge in [-0.2, -0.15) is 0 Å².